The second-order valence-corrected chi connectivity index (χ2v) is 7.44. The van der Waals surface area contributed by atoms with Crippen LogP contribution in [-0.2, 0) is 10.0 Å². The van der Waals surface area contributed by atoms with Crippen LogP contribution in [0.25, 0.3) is 10.8 Å². The molecule has 1 aliphatic rings. The average Bonchev–Trinajstić information content (AvgIpc) is 2.53. The highest BCUT2D eigenvalue weighted by molar-refractivity contribution is 7.89. The first-order valence-electron chi connectivity index (χ1n) is 7.33. The number of ether oxygens (including phenoxy) is 1. The molecular formula is C16H21ClN2O3S. The molecular weight excluding hydrogens is 336 g/mol. The highest BCUT2D eigenvalue weighted by Crippen LogP contribution is 2.32. The zero-order valence-corrected chi connectivity index (χ0v) is 14.8. The molecule has 0 spiro atoms. The molecule has 1 unspecified atom stereocenters. The Hall–Kier alpha value is -1.34. The Bertz CT molecular complexity index is 795. The van der Waals surface area contributed by atoms with Crippen LogP contribution in [0.15, 0.2) is 41.3 Å². The fourth-order valence-electron chi connectivity index (χ4n) is 2.90. The summed E-state index contributed by atoms with van der Waals surface area (Å²) in [4.78, 5) is 0.345. The van der Waals surface area contributed by atoms with Gasteiger partial charge in [0.25, 0.3) is 0 Å². The lowest BCUT2D eigenvalue weighted by Gasteiger charge is -2.31. The third kappa shape index (κ3) is 3.30. The molecule has 126 valence electrons. The first kappa shape index (κ1) is 18.0. The molecule has 0 aliphatic carbocycles. The van der Waals surface area contributed by atoms with Gasteiger partial charge in [-0.25, -0.2) is 8.42 Å². The zero-order valence-electron chi connectivity index (χ0n) is 13.2. The SMILES string of the molecule is COc1ccc(S(=O)(=O)N2CCNC(C)C2)c2ccccc12.Cl. The monoisotopic (exact) mass is 356 g/mol. The number of sulfonamides is 1. The number of methoxy groups -OCH3 is 1. The van der Waals surface area contributed by atoms with E-state index >= 15 is 0 Å². The van der Waals surface area contributed by atoms with Crippen molar-refractivity contribution in [3.8, 4) is 5.75 Å². The van der Waals surface area contributed by atoms with Gasteiger partial charge in [0.15, 0.2) is 0 Å². The first-order valence-corrected chi connectivity index (χ1v) is 8.77. The van der Waals surface area contributed by atoms with Crippen LogP contribution in [0.1, 0.15) is 6.92 Å². The first-order chi connectivity index (χ1) is 10.5. The molecule has 1 atom stereocenters. The van der Waals surface area contributed by atoms with Crippen LogP contribution in [0, 0.1) is 0 Å². The van der Waals surface area contributed by atoms with Gasteiger partial charge in [-0.15, -0.1) is 12.4 Å². The van der Waals surface area contributed by atoms with Crippen molar-refractivity contribution in [2.24, 2.45) is 0 Å². The quantitative estimate of drug-likeness (QED) is 0.916. The minimum atomic E-state index is -3.51. The Morgan fingerprint density at radius 3 is 2.52 bits per heavy atom. The van der Waals surface area contributed by atoms with Gasteiger partial charge < -0.3 is 10.1 Å². The van der Waals surface area contributed by atoms with Crippen LogP contribution >= 0.6 is 12.4 Å². The van der Waals surface area contributed by atoms with E-state index in [0.717, 1.165) is 5.39 Å². The van der Waals surface area contributed by atoms with Crippen LogP contribution in [0.4, 0.5) is 0 Å². The molecule has 1 fully saturated rings. The normalized spacial score (nSPS) is 19.3. The highest BCUT2D eigenvalue weighted by atomic mass is 35.5. The fraction of sp³-hybridized carbons (Fsp3) is 0.375. The van der Waals surface area contributed by atoms with Crippen molar-refractivity contribution in [2.75, 3.05) is 26.7 Å². The number of fused-ring (bicyclic) bond motifs is 1. The summed E-state index contributed by atoms with van der Waals surface area (Å²) in [7, 11) is -1.92. The molecule has 0 radical (unpaired) electrons. The van der Waals surface area contributed by atoms with E-state index < -0.39 is 10.0 Å². The van der Waals surface area contributed by atoms with Crippen LogP contribution < -0.4 is 10.1 Å². The van der Waals surface area contributed by atoms with Crippen molar-refractivity contribution < 1.29 is 13.2 Å². The van der Waals surface area contributed by atoms with Crippen LogP contribution in [-0.4, -0.2) is 45.5 Å². The second kappa shape index (κ2) is 7.05. The maximum atomic E-state index is 13.0. The Morgan fingerprint density at radius 2 is 1.87 bits per heavy atom. The van der Waals surface area contributed by atoms with Gasteiger partial charge in [-0.3, -0.25) is 0 Å². The van der Waals surface area contributed by atoms with Crippen molar-refractivity contribution in [3.63, 3.8) is 0 Å². The molecule has 0 aromatic heterocycles. The number of nitrogens with one attached hydrogen (secondary N) is 1. The lowest BCUT2D eigenvalue weighted by atomic mass is 10.1. The predicted molar refractivity (Wildman–Crippen MR) is 94.0 cm³/mol. The standard InChI is InChI=1S/C16H20N2O3S.ClH/c1-12-11-18(10-9-17-12)22(19,20)16-8-7-15(21-2)13-5-3-4-6-14(13)16;/h3-8,12,17H,9-11H2,1-2H3;1H. The Morgan fingerprint density at radius 1 is 1.17 bits per heavy atom. The smallest absolute Gasteiger partial charge is 0.243 e. The summed E-state index contributed by atoms with van der Waals surface area (Å²) in [5, 5.41) is 4.78. The number of rotatable bonds is 3. The van der Waals surface area contributed by atoms with Crippen molar-refractivity contribution in [1.82, 2.24) is 9.62 Å². The Kier molecular flexibility index (Phi) is 5.52. The molecule has 23 heavy (non-hydrogen) atoms. The summed E-state index contributed by atoms with van der Waals surface area (Å²) in [5.41, 5.74) is 0. The number of halogens is 1. The molecule has 2 aromatic rings. The van der Waals surface area contributed by atoms with Crippen molar-refractivity contribution >= 4 is 33.2 Å². The Balaban J connectivity index is 0.00000192. The van der Waals surface area contributed by atoms with Crippen molar-refractivity contribution in [1.29, 1.82) is 0 Å². The van der Waals surface area contributed by atoms with Gasteiger partial charge in [0.2, 0.25) is 10.0 Å². The van der Waals surface area contributed by atoms with E-state index in [1.54, 1.807) is 23.5 Å². The molecule has 1 aliphatic heterocycles. The third-order valence-corrected chi connectivity index (χ3v) is 5.94. The number of nitrogens with zero attached hydrogens (tertiary/aromatic N) is 1. The molecule has 0 saturated carbocycles. The summed E-state index contributed by atoms with van der Waals surface area (Å²) in [6.07, 6.45) is 0. The van der Waals surface area contributed by atoms with E-state index in [9.17, 15) is 8.42 Å². The summed E-state index contributed by atoms with van der Waals surface area (Å²) >= 11 is 0. The highest BCUT2D eigenvalue weighted by Gasteiger charge is 2.30. The lowest BCUT2D eigenvalue weighted by Crippen LogP contribution is -2.51. The lowest BCUT2D eigenvalue weighted by molar-refractivity contribution is 0.310. The largest absolute Gasteiger partial charge is 0.496 e. The van der Waals surface area contributed by atoms with E-state index in [4.69, 9.17) is 4.74 Å². The molecule has 0 amide bonds. The second-order valence-electron chi connectivity index (χ2n) is 5.53. The minimum Gasteiger partial charge on any atom is -0.496 e. The summed E-state index contributed by atoms with van der Waals surface area (Å²) in [6, 6.07) is 11.0. The van der Waals surface area contributed by atoms with Gasteiger partial charge >= 0.3 is 0 Å². The van der Waals surface area contributed by atoms with Gasteiger partial charge in [-0.05, 0) is 19.1 Å². The topological polar surface area (TPSA) is 58.6 Å². The number of piperazine rings is 1. The van der Waals surface area contributed by atoms with Gasteiger partial charge in [0.05, 0.1) is 12.0 Å². The summed E-state index contributed by atoms with van der Waals surface area (Å²) in [5.74, 6) is 0.684. The van der Waals surface area contributed by atoms with E-state index in [-0.39, 0.29) is 18.4 Å². The molecule has 7 heteroatoms. The van der Waals surface area contributed by atoms with Gasteiger partial charge in [0, 0.05) is 36.4 Å². The molecule has 1 heterocycles. The molecule has 0 bridgehead atoms. The minimum absolute atomic E-state index is 0. The number of hydrogen-bond acceptors (Lipinski definition) is 4. The average molecular weight is 357 g/mol. The molecule has 3 rings (SSSR count). The van der Waals surface area contributed by atoms with Crippen molar-refractivity contribution in [3.05, 3.63) is 36.4 Å². The zero-order chi connectivity index (χ0) is 15.7. The van der Waals surface area contributed by atoms with Gasteiger partial charge in [-0.1, -0.05) is 24.3 Å². The maximum Gasteiger partial charge on any atom is 0.243 e. The Labute approximate surface area is 143 Å². The van der Waals surface area contributed by atoms with Crippen LogP contribution in [0.2, 0.25) is 0 Å². The predicted octanol–water partition coefficient (Wildman–Crippen LogP) is 2.25. The molecule has 1 N–H and O–H groups in total. The van der Waals surface area contributed by atoms with E-state index in [1.807, 2.05) is 31.2 Å². The van der Waals surface area contributed by atoms with E-state index in [1.165, 1.54) is 0 Å². The maximum absolute atomic E-state index is 13.0. The van der Waals surface area contributed by atoms with Gasteiger partial charge in [0.1, 0.15) is 5.75 Å². The third-order valence-electron chi connectivity index (χ3n) is 4.01. The number of hydrogen-bond donors (Lipinski definition) is 1. The summed E-state index contributed by atoms with van der Waals surface area (Å²) in [6.45, 7) is 3.65. The van der Waals surface area contributed by atoms with E-state index in [0.29, 0.717) is 35.7 Å². The number of benzene rings is 2. The van der Waals surface area contributed by atoms with Gasteiger partial charge in [-0.2, -0.15) is 4.31 Å². The summed E-state index contributed by atoms with van der Waals surface area (Å²) < 4.78 is 32.9. The van der Waals surface area contributed by atoms with Crippen LogP contribution in [0.3, 0.4) is 0 Å². The molecule has 2 aromatic carbocycles. The molecule has 1 saturated heterocycles. The van der Waals surface area contributed by atoms with Crippen LogP contribution in [0.5, 0.6) is 5.75 Å². The fourth-order valence-corrected chi connectivity index (χ4v) is 4.63. The van der Waals surface area contributed by atoms with E-state index in [2.05, 4.69) is 5.32 Å². The van der Waals surface area contributed by atoms with Crippen molar-refractivity contribution in [2.45, 2.75) is 17.9 Å². The molecule has 5 nitrogen and oxygen atoms in total.